The SMILES string of the molecule is CC.Cc1ccc(C(=N)N2CCSCC2)cc1. The summed E-state index contributed by atoms with van der Waals surface area (Å²) in [6.07, 6.45) is 0. The lowest BCUT2D eigenvalue weighted by atomic mass is 10.1. The summed E-state index contributed by atoms with van der Waals surface area (Å²) < 4.78 is 0. The number of hydrogen-bond donors (Lipinski definition) is 1. The monoisotopic (exact) mass is 250 g/mol. The lowest BCUT2D eigenvalue weighted by Gasteiger charge is -2.28. The highest BCUT2D eigenvalue weighted by atomic mass is 32.2. The van der Waals surface area contributed by atoms with Gasteiger partial charge in [0.25, 0.3) is 0 Å². The van der Waals surface area contributed by atoms with Crippen molar-refractivity contribution in [3.8, 4) is 0 Å². The molecule has 0 saturated carbocycles. The molecule has 0 unspecified atom stereocenters. The first kappa shape index (κ1) is 14.1. The lowest BCUT2D eigenvalue weighted by molar-refractivity contribution is 0.461. The van der Waals surface area contributed by atoms with E-state index in [0.29, 0.717) is 5.84 Å². The molecule has 94 valence electrons. The Kier molecular flexibility index (Phi) is 6.12. The number of thioether (sulfide) groups is 1. The van der Waals surface area contributed by atoms with E-state index in [1.54, 1.807) is 0 Å². The van der Waals surface area contributed by atoms with Crippen LogP contribution in [0.2, 0.25) is 0 Å². The molecule has 0 aromatic heterocycles. The van der Waals surface area contributed by atoms with Gasteiger partial charge in [-0.1, -0.05) is 43.7 Å². The Labute approximate surface area is 109 Å². The van der Waals surface area contributed by atoms with Crippen molar-refractivity contribution < 1.29 is 0 Å². The molecule has 2 rings (SSSR count). The fraction of sp³-hybridized carbons (Fsp3) is 0.500. The van der Waals surface area contributed by atoms with Crippen molar-refractivity contribution in [3.05, 3.63) is 35.4 Å². The van der Waals surface area contributed by atoms with E-state index in [1.807, 2.05) is 37.7 Å². The van der Waals surface area contributed by atoms with Crippen LogP contribution in [0.1, 0.15) is 25.0 Å². The van der Waals surface area contributed by atoms with E-state index in [0.717, 1.165) is 30.2 Å². The molecule has 1 aromatic carbocycles. The highest BCUT2D eigenvalue weighted by Gasteiger charge is 2.14. The molecule has 0 spiro atoms. The zero-order valence-electron chi connectivity index (χ0n) is 11.0. The summed E-state index contributed by atoms with van der Waals surface area (Å²) in [6.45, 7) is 8.10. The minimum Gasteiger partial charge on any atom is -0.355 e. The minimum absolute atomic E-state index is 0.676. The number of hydrogen-bond acceptors (Lipinski definition) is 2. The lowest BCUT2D eigenvalue weighted by Crippen LogP contribution is -2.37. The van der Waals surface area contributed by atoms with Gasteiger partial charge in [-0.05, 0) is 6.92 Å². The third kappa shape index (κ3) is 4.08. The van der Waals surface area contributed by atoms with Crippen LogP contribution in [0.25, 0.3) is 0 Å². The van der Waals surface area contributed by atoms with E-state index in [2.05, 4.69) is 24.0 Å². The van der Waals surface area contributed by atoms with Gasteiger partial charge in [0.15, 0.2) is 0 Å². The first-order valence-corrected chi connectivity index (χ1v) is 7.41. The van der Waals surface area contributed by atoms with Gasteiger partial charge in [0.2, 0.25) is 0 Å². The van der Waals surface area contributed by atoms with E-state index in [4.69, 9.17) is 5.41 Å². The maximum absolute atomic E-state index is 8.11. The number of rotatable bonds is 1. The van der Waals surface area contributed by atoms with Crippen molar-refractivity contribution in [2.45, 2.75) is 20.8 Å². The van der Waals surface area contributed by atoms with Crippen molar-refractivity contribution in [3.63, 3.8) is 0 Å². The largest absolute Gasteiger partial charge is 0.355 e. The normalized spacial score (nSPS) is 14.9. The summed E-state index contributed by atoms with van der Waals surface area (Å²) in [6, 6.07) is 8.23. The van der Waals surface area contributed by atoms with Gasteiger partial charge < -0.3 is 4.90 Å². The van der Waals surface area contributed by atoms with E-state index < -0.39 is 0 Å². The standard InChI is InChI=1S/C12H16N2S.C2H6/c1-10-2-4-11(5-3-10)12(13)14-6-8-15-9-7-14;1-2/h2-5,13H,6-9H2,1H3;1-2H3. The van der Waals surface area contributed by atoms with Crippen LogP contribution >= 0.6 is 11.8 Å². The summed E-state index contributed by atoms with van der Waals surface area (Å²) in [5.74, 6) is 2.97. The summed E-state index contributed by atoms with van der Waals surface area (Å²) in [4.78, 5) is 2.17. The Balaban J connectivity index is 0.000000686. The Morgan fingerprint density at radius 3 is 2.18 bits per heavy atom. The predicted octanol–water partition coefficient (Wildman–Crippen LogP) is 3.40. The number of aryl methyl sites for hydroxylation is 1. The van der Waals surface area contributed by atoms with Crippen molar-refractivity contribution in [2.75, 3.05) is 24.6 Å². The second-order valence-electron chi connectivity index (χ2n) is 3.81. The van der Waals surface area contributed by atoms with Crippen LogP contribution in [0.15, 0.2) is 24.3 Å². The van der Waals surface area contributed by atoms with Crippen LogP contribution in [0, 0.1) is 12.3 Å². The molecule has 3 heteroatoms. The van der Waals surface area contributed by atoms with Gasteiger partial charge in [0, 0.05) is 30.2 Å². The Morgan fingerprint density at radius 2 is 1.65 bits per heavy atom. The maximum Gasteiger partial charge on any atom is 0.128 e. The number of benzene rings is 1. The third-order valence-electron chi connectivity index (χ3n) is 2.65. The van der Waals surface area contributed by atoms with Crippen LogP contribution in [-0.2, 0) is 0 Å². The van der Waals surface area contributed by atoms with Gasteiger partial charge in [0.05, 0.1) is 0 Å². The fourth-order valence-electron chi connectivity index (χ4n) is 1.68. The van der Waals surface area contributed by atoms with Crippen LogP contribution in [0.5, 0.6) is 0 Å². The van der Waals surface area contributed by atoms with Crippen molar-refractivity contribution >= 4 is 17.6 Å². The van der Waals surface area contributed by atoms with Crippen molar-refractivity contribution in [1.82, 2.24) is 4.90 Å². The average molecular weight is 250 g/mol. The van der Waals surface area contributed by atoms with Crippen molar-refractivity contribution in [2.24, 2.45) is 0 Å². The van der Waals surface area contributed by atoms with Crippen LogP contribution in [0.4, 0.5) is 0 Å². The Bertz CT molecular complexity index is 340. The Hall–Kier alpha value is -0.960. The molecule has 0 radical (unpaired) electrons. The molecule has 0 atom stereocenters. The van der Waals surface area contributed by atoms with E-state index in [9.17, 15) is 0 Å². The van der Waals surface area contributed by atoms with Gasteiger partial charge in [0.1, 0.15) is 5.84 Å². The topological polar surface area (TPSA) is 27.1 Å². The summed E-state index contributed by atoms with van der Waals surface area (Å²) >= 11 is 1.98. The molecule has 0 amide bonds. The molecule has 1 N–H and O–H groups in total. The molecule has 17 heavy (non-hydrogen) atoms. The quantitative estimate of drug-likeness (QED) is 0.611. The second-order valence-corrected chi connectivity index (χ2v) is 5.04. The second kappa shape index (κ2) is 7.38. The molecule has 1 saturated heterocycles. The highest BCUT2D eigenvalue weighted by molar-refractivity contribution is 7.99. The van der Waals surface area contributed by atoms with Gasteiger partial charge in [-0.15, -0.1) is 0 Å². The summed E-state index contributed by atoms with van der Waals surface area (Å²) in [5, 5.41) is 8.11. The van der Waals surface area contributed by atoms with E-state index >= 15 is 0 Å². The van der Waals surface area contributed by atoms with E-state index in [-0.39, 0.29) is 0 Å². The molecular formula is C14H22N2S. The Morgan fingerprint density at radius 1 is 1.12 bits per heavy atom. The zero-order valence-corrected chi connectivity index (χ0v) is 11.8. The number of nitrogens with one attached hydrogen (secondary N) is 1. The first-order valence-electron chi connectivity index (χ1n) is 6.25. The third-order valence-corrected chi connectivity index (χ3v) is 3.59. The molecule has 1 fully saturated rings. The maximum atomic E-state index is 8.11. The van der Waals surface area contributed by atoms with Crippen LogP contribution in [-0.4, -0.2) is 35.3 Å². The predicted molar refractivity (Wildman–Crippen MR) is 78.3 cm³/mol. The first-order chi connectivity index (χ1) is 8.27. The summed E-state index contributed by atoms with van der Waals surface area (Å²) in [5.41, 5.74) is 2.29. The molecule has 0 bridgehead atoms. The number of amidine groups is 1. The van der Waals surface area contributed by atoms with Gasteiger partial charge in [-0.3, -0.25) is 5.41 Å². The van der Waals surface area contributed by atoms with Crippen LogP contribution < -0.4 is 0 Å². The average Bonchev–Trinajstić information content (AvgIpc) is 2.42. The fourth-order valence-corrected chi connectivity index (χ4v) is 2.58. The number of nitrogens with zero attached hydrogens (tertiary/aromatic N) is 1. The molecule has 0 aliphatic carbocycles. The van der Waals surface area contributed by atoms with Gasteiger partial charge >= 0.3 is 0 Å². The molecule has 1 heterocycles. The van der Waals surface area contributed by atoms with Crippen LogP contribution in [0.3, 0.4) is 0 Å². The van der Waals surface area contributed by atoms with Crippen molar-refractivity contribution in [1.29, 1.82) is 5.41 Å². The minimum atomic E-state index is 0.676. The summed E-state index contributed by atoms with van der Waals surface area (Å²) in [7, 11) is 0. The molecule has 1 aromatic rings. The zero-order chi connectivity index (χ0) is 12.7. The molecule has 2 nitrogen and oxygen atoms in total. The molecular weight excluding hydrogens is 228 g/mol. The molecule has 1 aliphatic heterocycles. The van der Waals surface area contributed by atoms with E-state index in [1.165, 1.54) is 5.56 Å². The van der Waals surface area contributed by atoms with Gasteiger partial charge in [-0.2, -0.15) is 11.8 Å². The smallest absolute Gasteiger partial charge is 0.128 e. The molecule has 1 aliphatic rings. The highest BCUT2D eigenvalue weighted by Crippen LogP contribution is 2.13. The van der Waals surface area contributed by atoms with Gasteiger partial charge in [-0.25, -0.2) is 0 Å².